The number of halogens is 1. The third-order valence-corrected chi connectivity index (χ3v) is 4.90. The predicted octanol–water partition coefficient (Wildman–Crippen LogP) is 4.92. The summed E-state index contributed by atoms with van der Waals surface area (Å²) in [6.45, 7) is 14.1. The molecule has 0 atom stereocenters. The van der Waals surface area contributed by atoms with Gasteiger partial charge >= 0.3 is 0 Å². The lowest BCUT2D eigenvalue weighted by atomic mass is 10.1. The van der Waals surface area contributed by atoms with Crippen molar-refractivity contribution in [2.75, 3.05) is 25.1 Å². The number of aryl methyl sites for hydroxylation is 1. The maximum absolute atomic E-state index is 13.7. The van der Waals surface area contributed by atoms with Gasteiger partial charge < -0.3 is 14.5 Å². The fourth-order valence-corrected chi connectivity index (χ4v) is 3.53. The fraction of sp³-hybridized carbons (Fsp3) is 0.261. The molecule has 0 radical (unpaired) electrons. The summed E-state index contributed by atoms with van der Waals surface area (Å²) < 4.78 is 19.2. The monoisotopic (exact) mass is 379 g/mol. The van der Waals surface area contributed by atoms with Crippen molar-refractivity contribution in [2.24, 2.45) is 0 Å². The molecule has 1 fully saturated rings. The molecule has 1 aromatic carbocycles. The molecule has 0 unspecified atom stereocenters. The van der Waals surface area contributed by atoms with Crippen molar-refractivity contribution in [2.45, 2.75) is 20.4 Å². The summed E-state index contributed by atoms with van der Waals surface area (Å²) in [5.41, 5.74) is 3.73. The van der Waals surface area contributed by atoms with E-state index in [-0.39, 0.29) is 5.82 Å². The second kappa shape index (κ2) is 8.30. The molecule has 1 aliphatic rings. The number of nitrogens with zero attached hydrogens (tertiary/aromatic N) is 3. The van der Waals surface area contributed by atoms with E-state index in [0.717, 1.165) is 47.0 Å². The van der Waals surface area contributed by atoms with E-state index in [2.05, 4.69) is 27.9 Å². The van der Waals surface area contributed by atoms with Gasteiger partial charge in [-0.3, -0.25) is 0 Å². The standard InChI is InChI=1S/C23H26FN3O/c1-6-19(7-2)21-8-9-22(25-23(21)28-5)27-11-10-26(17(27)4)15-18-12-16(3)13-20(24)14-18/h6-9,12-14H,1,4,10-11,15H2,2-3,5H3/b19-7+. The molecule has 4 nitrogen and oxygen atoms in total. The van der Waals surface area contributed by atoms with Crippen LogP contribution in [0.5, 0.6) is 5.88 Å². The normalized spacial score (nSPS) is 14.6. The summed E-state index contributed by atoms with van der Waals surface area (Å²) in [6, 6.07) is 9.07. The van der Waals surface area contributed by atoms with Crippen molar-refractivity contribution >= 4 is 11.4 Å². The maximum atomic E-state index is 13.7. The average Bonchev–Trinajstić information content (AvgIpc) is 3.02. The Morgan fingerprint density at radius 3 is 2.71 bits per heavy atom. The van der Waals surface area contributed by atoms with Crippen LogP contribution >= 0.6 is 0 Å². The first kappa shape index (κ1) is 19.7. The molecule has 0 N–H and O–H groups in total. The fourth-order valence-electron chi connectivity index (χ4n) is 3.53. The Hall–Kier alpha value is -3.08. The van der Waals surface area contributed by atoms with Gasteiger partial charge in [-0.2, -0.15) is 4.98 Å². The van der Waals surface area contributed by atoms with E-state index in [1.165, 1.54) is 6.07 Å². The number of ether oxygens (including phenoxy) is 1. The molecule has 3 rings (SSSR count). The molecular weight excluding hydrogens is 353 g/mol. The van der Waals surface area contributed by atoms with Crippen LogP contribution in [0.2, 0.25) is 0 Å². The van der Waals surface area contributed by atoms with Gasteiger partial charge in [0, 0.05) is 25.2 Å². The topological polar surface area (TPSA) is 28.6 Å². The summed E-state index contributed by atoms with van der Waals surface area (Å²) in [4.78, 5) is 8.87. The van der Waals surface area contributed by atoms with E-state index in [1.807, 2.05) is 38.1 Å². The van der Waals surface area contributed by atoms with Crippen molar-refractivity contribution in [1.29, 1.82) is 0 Å². The summed E-state index contributed by atoms with van der Waals surface area (Å²) in [5, 5.41) is 0. The molecule has 0 saturated carbocycles. The van der Waals surface area contributed by atoms with E-state index in [9.17, 15) is 4.39 Å². The van der Waals surface area contributed by atoms with Crippen LogP contribution in [0, 0.1) is 12.7 Å². The Bertz CT molecular complexity index is 915. The van der Waals surface area contributed by atoms with Crippen LogP contribution in [-0.4, -0.2) is 30.1 Å². The Balaban J connectivity index is 1.81. The summed E-state index contributed by atoms with van der Waals surface area (Å²) in [6.07, 6.45) is 3.76. The number of rotatable bonds is 6. The van der Waals surface area contributed by atoms with Crippen molar-refractivity contribution in [3.8, 4) is 5.88 Å². The first-order chi connectivity index (χ1) is 13.5. The maximum Gasteiger partial charge on any atom is 0.223 e. The van der Waals surface area contributed by atoms with Gasteiger partial charge in [0.25, 0.3) is 0 Å². The molecule has 1 aromatic heterocycles. The van der Waals surface area contributed by atoms with E-state index >= 15 is 0 Å². The molecule has 0 amide bonds. The highest BCUT2D eigenvalue weighted by Gasteiger charge is 2.26. The van der Waals surface area contributed by atoms with Gasteiger partial charge in [-0.25, -0.2) is 4.39 Å². The van der Waals surface area contributed by atoms with Gasteiger partial charge in [-0.1, -0.05) is 31.4 Å². The number of hydrogen-bond donors (Lipinski definition) is 0. The Morgan fingerprint density at radius 1 is 1.29 bits per heavy atom. The Labute approximate surface area is 166 Å². The van der Waals surface area contributed by atoms with Gasteiger partial charge in [-0.05, 0) is 54.8 Å². The number of hydrogen-bond acceptors (Lipinski definition) is 4. The summed E-state index contributed by atoms with van der Waals surface area (Å²) in [5.74, 6) is 1.97. The molecule has 0 aliphatic carbocycles. The molecule has 5 heteroatoms. The van der Waals surface area contributed by atoms with Gasteiger partial charge in [0.05, 0.1) is 7.11 Å². The van der Waals surface area contributed by atoms with Crippen molar-refractivity contribution in [3.05, 3.63) is 84.0 Å². The van der Waals surface area contributed by atoms with Gasteiger partial charge in [-0.15, -0.1) is 0 Å². The van der Waals surface area contributed by atoms with Crippen LogP contribution in [0.3, 0.4) is 0 Å². The van der Waals surface area contributed by atoms with Crippen LogP contribution in [0.15, 0.2) is 61.5 Å². The third-order valence-electron chi connectivity index (χ3n) is 4.90. The van der Waals surface area contributed by atoms with E-state index in [4.69, 9.17) is 4.74 Å². The van der Waals surface area contributed by atoms with Crippen molar-refractivity contribution in [1.82, 2.24) is 9.88 Å². The summed E-state index contributed by atoms with van der Waals surface area (Å²) >= 11 is 0. The van der Waals surface area contributed by atoms with Gasteiger partial charge in [0.1, 0.15) is 17.5 Å². The zero-order valence-corrected chi connectivity index (χ0v) is 16.7. The smallest absolute Gasteiger partial charge is 0.223 e. The molecule has 28 heavy (non-hydrogen) atoms. The average molecular weight is 379 g/mol. The highest BCUT2D eigenvalue weighted by molar-refractivity contribution is 5.77. The molecular formula is C23H26FN3O. The molecule has 1 saturated heterocycles. The molecule has 2 aromatic rings. The quantitative estimate of drug-likeness (QED) is 0.666. The minimum Gasteiger partial charge on any atom is -0.480 e. The highest BCUT2D eigenvalue weighted by Crippen LogP contribution is 2.31. The van der Waals surface area contributed by atoms with Crippen molar-refractivity contribution < 1.29 is 9.13 Å². The highest BCUT2D eigenvalue weighted by atomic mass is 19.1. The van der Waals surface area contributed by atoms with E-state index < -0.39 is 0 Å². The Kier molecular flexibility index (Phi) is 5.83. The number of pyridine rings is 1. The lowest BCUT2D eigenvalue weighted by molar-refractivity contribution is 0.390. The number of allylic oxidation sites excluding steroid dienone is 3. The first-order valence-electron chi connectivity index (χ1n) is 9.28. The molecule has 1 aliphatic heterocycles. The SMILES string of the molecule is C=C/C(=C\C)c1ccc(N2CCN(Cc3cc(C)cc(F)c3)C2=C)nc1OC. The van der Waals surface area contributed by atoms with E-state index in [0.29, 0.717) is 12.4 Å². The second-order valence-electron chi connectivity index (χ2n) is 6.80. The minimum absolute atomic E-state index is 0.208. The van der Waals surface area contributed by atoms with Crippen LogP contribution in [-0.2, 0) is 6.54 Å². The lowest BCUT2D eigenvalue weighted by Crippen LogP contribution is -2.22. The van der Waals surface area contributed by atoms with Crippen molar-refractivity contribution in [3.63, 3.8) is 0 Å². The number of aromatic nitrogens is 1. The molecule has 0 bridgehead atoms. The molecule has 0 spiro atoms. The minimum atomic E-state index is -0.208. The zero-order chi connectivity index (χ0) is 20.3. The Morgan fingerprint density at radius 2 is 2.07 bits per heavy atom. The van der Waals surface area contributed by atoms with Crippen LogP contribution < -0.4 is 9.64 Å². The van der Waals surface area contributed by atoms with Crippen LogP contribution in [0.25, 0.3) is 5.57 Å². The predicted molar refractivity (Wildman–Crippen MR) is 113 cm³/mol. The summed E-state index contributed by atoms with van der Waals surface area (Å²) in [7, 11) is 1.61. The molecule has 2 heterocycles. The largest absolute Gasteiger partial charge is 0.480 e. The first-order valence-corrected chi connectivity index (χ1v) is 9.28. The third kappa shape index (κ3) is 3.93. The van der Waals surface area contributed by atoms with Gasteiger partial charge in [0.2, 0.25) is 5.88 Å². The van der Waals surface area contributed by atoms with E-state index in [1.54, 1.807) is 19.3 Å². The number of anilines is 1. The lowest BCUT2D eigenvalue weighted by Gasteiger charge is -2.24. The zero-order valence-electron chi connectivity index (χ0n) is 16.7. The van der Waals surface area contributed by atoms with Gasteiger partial charge in [0.15, 0.2) is 0 Å². The van der Waals surface area contributed by atoms with Crippen LogP contribution in [0.1, 0.15) is 23.6 Å². The number of methoxy groups -OCH3 is 1. The number of benzene rings is 1. The molecule has 146 valence electrons. The van der Waals surface area contributed by atoms with Crippen LogP contribution in [0.4, 0.5) is 10.2 Å². The second-order valence-corrected chi connectivity index (χ2v) is 6.80.